The Morgan fingerprint density at radius 1 is 1.00 bits per heavy atom. The van der Waals surface area contributed by atoms with Crippen LogP contribution in [0.2, 0.25) is 0 Å². The van der Waals surface area contributed by atoms with Crippen LogP contribution in [-0.4, -0.2) is 23.8 Å². The molecular weight excluding hydrogens is 240 g/mol. The molecule has 3 nitrogen and oxygen atoms in total. The Balaban J connectivity index is 1.43. The first-order chi connectivity index (χ1) is 9.26. The minimum atomic E-state index is 0.00266. The first kappa shape index (κ1) is 12.2. The largest absolute Gasteiger partial charge is 0.462 e. The number of aliphatic hydroxyl groups excluding tert-OH is 1. The Morgan fingerprint density at radius 3 is 2.47 bits per heavy atom. The van der Waals surface area contributed by atoms with E-state index in [1.807, 2.05) is 0 Å². The minimum Gasteiger partial charge on any atom is -0.462 e. The summed E-state index contributed by atoms with van der Waals surface area (Å²) in [7, 11) is 0. The van der Waals surface area contributed by atoms with Crippen molar-refractivity contribution in [2.45, 2.75) is 51.0 Å². The van der Waals surface area contributed by atoms with E-state index in [0.29, 0.717) is 17.8 Å². The quantitative estimate of drug-likeness (QED) is 0.796. The van der Waals surface area contributed by atoms with Gasteiger partial charge in [0.15, 0.2) is 0 Å². The zero-order chi connectivity index (χ0) is 13.0. The number of hydrogen-bond donors (Lipinski definition) is 1. The Bertz CT molecular complexity index is 380. The van der Waals surface area contributed by atoms with E-state index in [9.17, 15) is 9.90 Å². The summed E-state index contributed by atoms with van der Waals surface area (Å²) in [6.45, 7) is 0.164. The summed E-state index contributed by atoms with van der Waals surface area (Å²) in [6.07, 6.45) is 8.67. The lowest BCUT2D eigenvalue weighted by molar-refractivity contribution is -0.161. The molecule has 0 aliphatic heterocycles. The SMILES string of the molecule is O=C(OC1CC2CCC1C2)C1C2CCC(C2)C1CO. The number of esters is 1. The van der Waals surface area contributed by atoms with Gasteiger partial charge in [0, 0.05) is 6.61 Å². The van der Waals surface area contributed by atoms with E-state index in [-0.39, 0.29) is 30.5 Å². The Kier molecular flexibility index (Phi) is 2.87. The summed E-state index contributed by atoms with van der Waals surface area (Å²) in [5.74, 6) is 2.73. The number of hydrogen-bond acceptors (Lipinski definition) is 3. The molecule has 4 saturated carbocycles. The highest BCUT2D eigenvalue weighted by Crippen LogP contribution is 2.53. The van der Waals surface area contributed by atoms with Crippen molar-refractivity contribution in [3.05, 3.63) is 0 Å². The molecule has 0 saturated heterocycles. The molecular formula is C16H24O3. The highest BCUT2D eigenvalue weighted by Gasteiger charge is 2.52. The van der Waals surface area contributed by atoms with Gasteiger partial charge in [-0.1, -0.05) is 0 Å². The molecule has 0 aromatic heterocycles. The molecule has 0 aromatic rings. The van der Waals surface area contributed by atoms with Gasteiger partial charge in [0.05, 0.1) is 5.92 Å². The third-order valence-electron chi connectivity index (χ3n) is 6.51. The van der Waals surface area contributed by atoms with Crippen LogP contribution in [0.5, 0.6) is 0 Å². The third kappa shape index (κ3) is 1.84. The predicted molar refractivity (Wildman–Crippen MR) is 70.2 cm³/mol. The van der Waals surface area contributed by atoms with Gasteiger partial charge in [0.2, 0.25) is 0 Å². The zero-order valence-electron chi connectivity index (χ0n) is 11.5. The fourth-order valence-electron chi connectivity index (χ4n) is 5.60. The zero-order valence-corrected chi connectivity index (χ0v) is 11.5. The van der Waals surface area contributed by atoms with Gasteiger partial charge in [-0.25, -0.2) is 0 Å². The maximum atomic E-state index is 12.5. The summed E-state index contributed by atoms with van der Waals surface area (Å²) in [5, 5.41) is 9.57. The van der Waals surface area contributed by atoms with Crippen LogP contribution in [0, 0.1) is 35.5 Å². The monoisotopic (exact) mass is 264 g/mol. The van der Waals surface area contributed by atoms with Crippen LogP contribution >= 0.6 is 0 Å². The summed E-state index contributed by atoms with van der Waals surface area (Å²) in [4.78, 5) is 12.5. The second-order valence-electron chi connectivity index (χ2n) is 7.36. The minimum absolute atomic E-state index is 0.00266. The fraction of sp³-hybridized carbons (Fsp3) is 0.938. The molecule has 1 N–H and O–H groups in total. The number of carbonyl (C=O) groups excluding carboxylic acids is 1. The van der Waals surface area contributed by atoms with Crippen molar-refractivity contribution in [1.82, 2.24) is 0 Å². The van der Waals surface area contributed by atoms with Crippen molar-refractivity contribution < 1.29 is 14.6 Å². The van der Waals surface area contributed by atoms with Crippen LogP contribution in [-0.2, 0) is 9.53 Å². The van der Waals surface area contributed by atoms with Crippen LogP contribution in [0.1, 0.15) is 44.9 Å². The van der Waals surface area contributed by atoms with Gasteiger partial charge >= 0.3 is 5.97 Å². The van der Waals surface area contributed by atoms with Gasteiger partial charge < -0.3 is 9.84 Å². The molecule has 7 unspecified atom stereocenters. The van der Waals surface area contributed by atoms with Gasteiger partial charge in [-0.05, 0) is 74.5 Å². The van der Waals surface area contributed by atoms with Gasteiger partial charge in [-0.15, -0.1) is 0 Å². The molecule has 0 amide bonds. The van der Waals surface area contributed by atoms with Crippen molar-refractivity contribution >= 4 is 5.97 Å². The molecule has 0 aromatic carbocycles. The lowest BCUT2D eigenvalue weighted by Crippen LogP contribution is -2.36. The standard InChI is InChI=1S/C16H24O3/c17-8-13-10-3-4-12(7-10)15(13)16(18)19-14-6-9-1-2-11(14)5-9/h9-15,17H,1-8H2. The maximum absolute atomic E-state index is 12.5. The molecule has 0 radical (unpaired) electrons. The van der Waals surface area contributed by atoms with Crippen molar-refractivity contribution in [2.75, 3.05) is 6.61 Å². The lowest BCUT2D eigenvalue weighted by atomic mass is 9.79. The smallest absolute Gasteiger partial charge is 0.309 e. The summed E-state index contributed by atoms with van der Waals surface area (Å²) in [6, 6.07) is 0. The summed E-state index contributed by atoms with van der Waals surface area (Å²) in [5.41, 5.74) is 0. The molecule has 4 bridgehead atoms. The van der Waals surface area contributed by atoms with E-state index in [0.717, 1.165) is 25.2 Å². The van der Waals surface area contributed by atoms with Gasteiger partial charge in [-0.3, -0.25) is 4.79 Å². The van der Waals surface area contributed by atoms with Crippen LogP contribution in [0.3, 0.4) is 0 Å². The highest BCUT2D eigenvalue weighted by molar-refractivity contribution is 5.74. The van der Waals surface area contributed by atoms with Crippen molar-refractivity contribution in [2.24, 2.45) is 35.5 Å². The number of rotatable bonds is 3. The number of fused-ring (bicyclic) bond motifs is 4. The van der Waals surface area contributed by atoms with E-state index < -0.39 is 0 Å². The maximum Gasteiger partial charge on any atom is 0.309 e. The van der Waals surface area contributed by atoms with E-state index in [2.05, 4.69) is 0 Å². The predicted octanol–water partition coefficient (Wildman–Crippen LogP) is 2.37. The van der Waals surface area contributed by atoms with Crippen LogP contribution in [0.4, 0.5) is 0 Å². The van der Waals surface area contributed by atoms with Crippen LogP contribution in [0.25, 0.3) is 0 Å². The second-order valence-corrected chi connectivity index (χ2v) is 7.36. The molecule has 19 heavy (non-hydrogen) atoms. The fourth-order valence-corrected chi connectivity index (χ4v) is 5.60. The Morgan fingerprint density at radius 2 is 1.79 bits per heavy atom. The van der Waals surface area contributed by atoms with Crippen molar-refractivity contribution in [3.8, 4) is 0 Å². The number of ether oxygens (including phenoxy) is 1. The van der Waals surface area contributed by atoms with Gasteiger partial charge in [-0.2, -0.15) is 0 Å². The van der Waals surface area contributed by atoms with E-state index in [1.54, 1.807) is 0 Å². The molecule has 106 valence electrons. The second kappa shape index (κ2) is 4.47. The third-order valence-corrected chi connectivity index (χ3v) is 6.51. The molecule has 7 atom stereocenters. The van der Waals surface area contributed by atoms with Gasteiger partial charge in [0.25, 0.3) is 0 Å². The van der Waals surface area contributed by atoms with Crippen LogP contribution in [0.15, 0.2) is 0 Å². The van der Waals surface area contributed by atoms with Gasteiger partial charge in [0.1, 0.15) is 6.10 Å². The molecule has 4 aliphatic rings. The molecule has 4 aliphatic carbocycles. The average molecular weight is 264 g/mol. The van der Waals surface area contributed by atoms with Crippen molar-refractivity contribution in [3.63, 3.8) is 0 Å². The molecule has 0 spiro atoms. The first-order valence-corrected chi connectivity index (χ1v) is 8.07. The highest BCUT2D eigenvalue weighted by atomic mass is 16.5. The van der Waals surface area contributed by atoms with Crippen molar-refractivity contribution in [1.29, 1.82) is 0 Å². The Hall–Kier alpha value is -0.570. The Labute approximate surface area is 114 Å². The van der Waals surface area contributed by atoms with Crippen LogP contribution < -0.4 is 0 Å². The summed E-state index contributed by atoms with van der Waals surface area (Å²) >= 11 is 0. The van der Waals surface area contributed by atoms with E-state index in [4.69, 9.17) is 4.74 Å². The molecule has 4 fully saturated rings. The van der Waals surface area contributed by atoms with E-state index in [1.165, 1.54) is 25.7 Å². The lowest BCUT2D eigenvalue weighted by Gasteiger charge is -2.30. The van der Waals surface area contributed by atoms with E-state index >= 15 is 0 Å². The average Bonchev–Trinajstić information content (AvgIpc) is 3.16. The normalized spacial score (nSPS) is 50.9. The number of aliphatic hydroxyl groups is 1. The summed E-state index contributed by atoms with van der Waals surface area (Å²) < 4.78 is 5.86. The molecule has 0 heterocycles. The topological polar surface area (TPSA) is 46.5 Å². The first-order valence-electron chi connectivity index (χ1n) is 8.07. The number of carbonyl (C=O) groups is 1. The molecule has 4 rings (SSSR count). The molecule has 3 heteroatoms.